The summed E-state index contributed by atoms with van der Waals surface area (Å²) in [4.78, 5) is 4.62. The lowest BCUT2D eigenvalue weighted by molar-refractivity contribution is 0.0520. The molecule has 2 rings (SSSR count). The van der Waals surface area contributed by atoms with Crippen LogP contribution >= 0.6 is 0 Å². The molecular formula is C15H27N3O. The van der Waals surface area contributed by atoms with Crippen LogP contribution in [-0.2, 0) is 11.3 Å². The molecule has 0 saturated carbocycles. The van der Waals surface area contributed by atoms with Crippen LogP contribution < -0.4 is 5.32 Å². The molecule has 1 aliphatic heterocycles. The van der Waals surface area contributed by atoms with Gasteiger partial charge in [0.15, 0.2) is 0 Å². The first-order valence-corrected chi connectivity index (χ1v) is 7.69. The molecule has 1 aliphatic rings. The van der Waals surface area contributed by atoms with E-state index in [2.05, 4.69) is 34.9 Å². The van der Waals surface area contributed by atoms with E-state index in [0.29, 0.717) is 12.0 Å². The second-order valence-corrected chi connectivity index (χ2v) is 5.36. The average molecular weight is 265 g/mol. The van der Waals surface area contributed by atoms with Gasteiger partial charge in [0.25, 0.3) is 0 Å². The molecular weight excluding hydrogens is 238 g/mol. The van der Waals surface area contributed by atoms with Crippen molar-refractivity contribution in [2.75, 3.05) is 19.8 Å². The minimum Gasteiger partial charge on any atom is -0.381 e. The molecule has 0 bridgehead atoms. The van der Waals surface area contributed by atoms with Gasteiger partial charge < -0.3 is 14.6 Å². The highest BCUT2D eigenvalue weighted by molar-refractivity contribution is 5.02. The Bertz CT molecular complexity index is 358. The van der Waals surface area contributed by atoms with E-state index < -0.39 is 0 Å². The zero-order valence-corrected chi connectivity index (χ0v) is 12.3. The van der Waals surface area contributed by atoms with Gasteiger partial charge in [-0.05, 0) is 38.1 Å². The molecule has 1 atom stereocenters. The van der Waals surface area contributed by atoms with Gasteiger partial charge in [0.2, 0.25) is 0 Å². The van der Waals surface area contributed by atoms with Crippen molar-refractivity contribution in [1.82, 2.24) is 14.9 Å². The Morgan fingerprint density at radius 1 is 1.37 bits per heavy atom. The molecule has 0 aromatic carbocycles. The Labute approximate surface area is 116 Å². The summed E-state index contributed by atoms with van der Waals surface area (Å²) in [7, 11) is 0. The second kappa shape index (κ2) is 7.65. The molecule has 4 heteroatoms. The molecule has 0 radical (unpaired) electrons. The van der Waals surface area contributed by atoms with E-state index in [4.69, 9.17) is 4.74 Å². The van der Waals surface area contributed by atoms with Gasteiger partial charge in [-0.15, -0.1) is 0 Å². The largest absolute Gasteiger partial charge is 0.381 e. The van der Waals surface area contributed by atoms with Crippen LogP contribution in [0.2, 0.25) is 0 Å². The van der Waals surface area contributed by atoms with Gasteiger partial charge in [-0.1, -0.05) is 13.8 Å². The maximum atomic E-state index is 5.49. The van der Waals surface area contributed by atoms with Crippen molar-refractivity contribution >= 4 is 0 Å². The topological polar surface area (TPSA) is 39.1 Å². The smallest absolute Gasteiger partial charge is 0.126 e. The van der Waals surface area contributed by atoms with E-state index in [1.54, 1.807) is 0 Å². The number of imidazole rings is 1. The maximum Gasteiger partial charge on any atom is 0.126 e. The Morgan fingerprint density at radius 3 is 2.84 bits per heavy atom. The molecule has 4 nitrogen and oxygen atoms in total. The average Bonchev–Trinajstić information content (AvgIpc) is 2.89. The molecule has 1 saturated heterocycles. The number of aryl methyl sites for hydroxylation is 1. The fourth-order valence-corrected chi connectivity index (χ4v) is 2.85. The number of hydrogen-bond donors (Lipinski definition) is 1. The lowest BCUT2D eigenvalue weighted by Gasteiger charge is -2.31. The van der Waals surface area contributed by atoms with Crippen molar-refractivity contribution in [2.24, 2.45) is 5.92 Å². The van der Waals surface area contributed by atoms with E-state index in [1.807, 2.05) is 6.20 Å². The quantitative estimate of drug-likeness (QED) is 0.824. The normalized spacial score (nSPS) is 18.6. The summed E-state index contributed by atoms with van der Waals surface area (Å²) in [6.07, 6.45) is 8.64. The highest BCUT2D eigenvalue weighted by atomic mass is 16.5. The van der Waals surface area contributed by atoms with Gasteiger partial charge in [-0.25, -0.2) is 4.98 Å². The van der Waals surface area contributed by atoms with Gasteiger partial charge in [-0.2, -0.15) is 0 Å². The minimum atomic E-state index is 0.380. The fourth-order valence-electron chi connectivity index (χ4n) is 2.85. The van der Waals surface area contributed by atoms with Gasteiger partial charge in [0.1, 0.15) is 5.82 Å². The first-order valence-electron chi connectivity index (χ1n) is 7.69. The highest BCUT2D eigenvalue weighted by Gasteiger charge is 2.27. The summed E-state index contributed by atoms with van der Waals surface area (Å²) < 4.78 is 7.80. The monoisotopic (exact) mass is 265 g/mol. The van der Waals surface area contributed by atoms with E-state index >= 15 is 0 Å². The molecule has 0 aliphatic carbocycles. The van der Waals surface area contributed by atoms with Crippen LogP contribution in [-0.4, -0.2) is 29.3 Å². The minimum absolute atomic E-state index is 0.380. The van der Waals surface area contributed by atoms with E-state index in [9.17, 15) is 0 Å². The molecule has 1 unspecified atom stereocenters. The van der Waals surface area contributed by atoms with E-state index in [0.717, 1.165) is 52.0 Å². The Morgan fingerprint density at radius 2 is 2.16 bits per heavy atom. The van der Waals surface area contributed by atoms with Crippen LogP contribution in [0.3, 0.4) is 0 Å². The van der Waals surface area contributed by atoms with Crippen molar-refractivity contribution in [1.29, 1.82) is 0 Å². The van der Waals surface area contributed by atoms with Gasteiger partial charge in [-0.3, -0.25) is 0 Å². The van der Waals surface area contributed by atoms with Gasteiger partial charge in [0.05, 0.1) is 6.04 Å². The van der Waals surface area contributed by atoms with Crippen LogP contribution in [0.1, 0.15) is 51.4 Å². The number of aromatic nitrogens is 2. The SMILES string of the molecule is CCCNC(c1nccn1CCC)C1CCOCC1. The third-order valence-electron chi connectivity index (χ3n) is 3.84. The van der Waals surface area contributed by atoms with Crippen LogP contribution in [0.5, 0.6) is 0 Å². The number of nitrogens with one attached hydrogen (secondary N) is 1. The molecule has 2 heterocycles. The summed E-state index contributed by atoms with van der Waals surface area (Å²) in [6, 6.07) is 0.380. The van der Waals surface area contributed by atoms with Crippen LogP contribution in [0, 0.1) is 5.92 Å². The fraction of sp³-hybridized carbons (Fsp3) is 0.800. The van der Waals surface area contributed by atoms with Crippen molar-refractivity contribution in [3.63, 3.8) is 0 Å². The van der Waals surface area contributed by atoms with E-state index in [1.165, 1.54) is 5.82 Å². The molecule has 1 N–H and O–H groups in total. The Kier molecular flexibility index (Phi) is 5.86. The van der Waals surface area contributed by atoms with Crippen LogP contribution in [0.4, 0.5) is 0 Å². The highest BCUT2D eigenvalue weighted by Crippen LogP contribution is 2.29. The molecule has 0 amide bonds. The summed E-state index contributed by atoms with van der Waals surface area (Å²) in [6.45, 7) is 8.33. The lowest BCUT2D eigenvalue weighted by Crippen LogP contribution is -2.34. The number of nitrogens with zero attached hydrogens (tertiary/aromatic N) is 2. The van der Waals surface area contributed by atoms with Crippen molar-refractivity contribution in [3.05, 3.63) is 18.2 Å². The summed E-state index contributed by atoms with van der Waals surface area (Å²) in [5.74, 6) is 1.86. The van der Waals surface area contributed by atoms with Crippen molar-refractivity contribution < 1.29 is 4.74 Å². The Hall–Kier alpha value is -0.870. The maximum absolute atomic E-state index is 5.49. The predicted octanol–water partition coefficient (Wildman–Crippen LogP) is 2.76. The second-order valence-electron chi connectivity index (χ2n) is 5.36. The first kappa shape index (κ1) is 14.5. The molecule has 19 heavy (non-hydrogen) atoms. The first-order chi connectivity index (χ1) is 9.36. The Balaban J connectivity index is 2.12. The summed E-state index contributed by atoms with van der Waals surface area (Å²) in [5, 5.41) is 3.70. The third kappa shape index (κ3) is 3.80. The zero-order valence-electron chi connectivity index (χ0n) is 12.3. The predicted molar refractivity (Wildman–Crippen MR) is 77.1 cm³/mol. The molecule has 108 valence electrons. The lowest BCUT2D eigenvalue weighted by atomic mass is 9.91. The van der Waals surface area contributed by atoms with Gasteiger partial charge >= 0.3 is 0 Å². The number of ether oxygens (including phenoxy) is 1. The van der Waals surface area contributed by atoms with Crippen molar-refractivity contribution in [3.8, 4) is 0 Å². The van der Waals surface area contributed by atoms with E-state index in [-0.39, 0.29) is 0 Å². The number of hydrogen-bond acceptors (Lipinski definition) is 3. The molecule has 0 spiro atoms. The standard InChI is InChI=1S/C15H27N3O/c1-3-7-16-14(13-5-11-19-12-6-13)15-17-8-10-18(15)9-4-2/h8,10,13-14,16H,3-7,9,11-12H2,1-2H3. The third-order valence-corrected chi connectivity index (χ3v) is 3.84. The molecule has 1 fully saturated rings. The molecule has 1 aromatic heterocycles. The van der Waals surface area contributed by atoms with Gasteiger partial charge in [0, 0.05) is 32.2 Å². The van der Waals surface area contributed by atoms with Crippen LogP contribution in [0.15, 0.2) is 12.4 Å². The zero-order chi connectivity index (χ0) is 13.5. The summed E-state index contributed by atoms with van der Waals surface area (Å²) in [5.41, 5.74) is 0. The molecule has 1 aromatic rings. The van der Waals surface area contributed by atoms with Crippen molar-refractivity contribution in [2.45, 2.75) is 52.1 Å². The van der Waals surface area contributed by atoms with Crippen LogP contribution in [0.25, 0.3) is 0 Å². The number of rotatable bonds is 7. The summed E-state index contributed by atoms with van der Waals surface area (Å²) >= 11 is 0.